The van der Waals surface area contributed by atoms with E-state index in [0.717, 1.165) is 30.7 Å². The van der Waals surface area contributed by atoms with Crippen LogP contribution in [0.3, 0.4) is 0 Å². The molecule has 4 rings (SSSR count). The van der Waals surface area contributed by atoms with Gasteiger partial charge in [-0.1, -0.05) is 13.3 Å². The third-order valence-electron chi connectivity index (χ3n) is 5.95. The molecule has 0 aromatic carbocycles. The van der Waals surface area contributed by atoms with Gasteiger partial charge in [0.1, 0.15) is 0 Å². The summed E-state index contributed by atoms with van der Waals surface area (Å²) in [5.41, 5.74) is 4.76. The monoisotopic (exact) mass is 307 g/mol. The molecule has 4 aliphatic rings. The van der Waals surface area contributed by atoms with Gasteiger partial charge in [0.15, 0.2) is 5.11 Å². The van der Waals surface area contributed by atoms with E-state index in [2.05, 4.69) is 29.7 Å². The summed E-state index contributed by atoms with van der Waals surface area (Å²) in [5.74, 6) is 2.91. The van der Waals surface area contributed by atoms with Crippen molar-refractivity contribution in [2.75, 3.05) is 6.54 Å². The minimum atomic E-state index is 0.390. The highest BCUT2D eigenvalue weighted by atomic mass is 32.1. The number of hydrogen-bond donors (Lipinski definition) is 2. The fraction of sp³-hybridized carbons (Fsp3) is 0.882. The molecule has 0 radical (unpaired) electrons. The molecule has 0 amide bonds. The van der Waals surface area contributed by atoms with E-state index in [0.29, 0.717) is 10.5 Å². The predicted molar refractivity (Wildman–Crippen MR) is 92.4 cm³/mol. The lowest BCUT2D eigenvalue weighted by Gasteiger charge is -2.56. The third kappa shape index (κ3) is 3.25. The lowest BCUT2D eigenvalue weighted by Crippen LogP contribution is -2.50. The quantitative estimate of drug-likeness (QED) is 0.351. The van der Waals surface area contributed by atoms with Crippen molar-refractivity contribution in [3.8, 4) is 0 Å². The van der Waals surface area contributed by atoms with Crippen LogP contribution in [0.2, 0.25) is 0 Å². The van der Waals surface area contributed by atoms with Crippen molar-refractivity contribution in [2.24, 2.45) is 28.3 Å². The first-order valence-corrected chi connectivity index (χ1v) is 9.11. The average Bonchev–Trinajstić information content (AvgIpc) is 2.43. The Balaban J connectivity index is 1.58. The second kappa shape index (κ2) is 6.23. The summed E-state index contributed by atoms with van der Waals surface area (Å²) in [4.78, 5) is 0. The number of thiocarbonyl (C=S) groups is 1. The zero-order valence-electron chi connectivity index (χ0n) is 13.5. The zero-order chi connectivity index (χ0) is 14.9. The van der Waals surface area contributed by atoms with E-state index in [9.17, 15) is 0 Å². The van der Waals surface area contributed by atoms with Crippen molar-refractivity contribution in [2.45, 2.75) is 65.2 Å². The van der Waals surface area contributed by atoms with Gasteiger partial charge in [-0.25, -0.2) is 0 Å². The topological polar surface area (TPSA) is 36.4 Å². The highest BCUT2D eigenvalue weighted by molar-refractivity contribution is 7.80. The Bertz CT molecular complexity index is 394. The van der Waals surface area contributed by atoms with Crippen LogP contribution in [0, 0.1) is 23.2 Å². The molecule has 4 aliphatic carbocycles. The Hall–Kier alpha value is -0.640. The molecule has 0 heterocycles. The van der Waals surface area contributed by atoms with Gasteiger partial charge < -0.3 is 5.32 Å². The van der Waals surface area contributed by atoms with Crippen LogP contribution in [-0.4, -0.2) is 17.4 Å². The van der Waals surface area contributed by atoms with E-state index in [1.165, 1.54) is 50.7 Å². The molecule has 4 heteroatoms. The Morgan fingerprint density at radius 3 is 2.24 bits per heavy atom. The molecule has 21 heavy (non-hydrogen) atoms. The van der Waals surface area contributed by atoms with Crippen LogP contribution >= 0.6 is 12.2 Å². The number of hydrazone groups is 1. The molecule has 2 N–H and O–H groups in total. The van der Waals surface area contributed by atoms with Crippen LogP contribution in [0.15, 0.2) is 5.10 Å². The molecule has 4 saturated carbocycles. The smallest absolute Gasteiger partial charge is 0.186 e. The molecule has 0 unspecified atom stereocenters. The number of hydrogen-bond acceptors (Lipinski definition) is 2. The molecule has 4 bridgehead atoms. The number of rotatable bonds is 5. The summed E-state index contributed by atoms with van der Waals surface area (Å²) in [6.07, 6.45) is 10.9. The highest BCUT2D eigenvalue weighted by Gasteiger charge is 2.52. The second-order valence-electron chi connectivity index (χ2n) is 7.62. The molecule has 0 aromatic rings. The Labute approximate surface area is 134 Å². The summed E-state index contributed by atoms with van der Waals surface area (Å²) < 4.78 is 0. The molecule has 3 nitrogen and oxygen atoms in total. The van der Waals surface area contributed by atoms with Gasteiger partial charge in [0.25, 0.3) is 0 Å². The number of nitrogens with zero attached hydrogens (tertiary/aromatic N) is 1. The Kier molecular flexibility index (Phi) is 4.53. The maximum absolute atomic E-state index is 5.30. The molecule has 0 saturated heterocycles. The Morgan fingerprint density at radius 1 is 1.14 bits per heavy atom. The first-order valence-electron chi connectivity index (χ1n) is 8.70. The first-order chi connectivity index (χ1) is 10.1. The summed E-state index contributed by atoms with van der Waals surface area (Å²) >= 11 is 5.30. The molecule has 0 spiro atoms. The molecule has 118 valence electrons. The normalized spacial score (nSPS) is 37.6. The highest BCUT2D eigenvalue weighted by Crippen LogP contribution is 2.60. The van der Waals surface area contributed by atoms with Crippen LogP contribution in [0.1, 0.15) is 65.2 Å². The molecule has 4 fully saturated rings. The van der Waals surface area contributed by atoms with Crippen LogP contribution in [0.4, 0.5) is 0 Å². The van der Waals surface area contributed by atoms with Crippen molar-refractivity contribution < 1.29 is 0 Å². The van der Waals surface area contributed by atoms with Crippen molar-refractivity contribution >= 4 is 23.0 Å². The fourth-order valence-electron chi connectivity index (χ4n) is 5.23. The van der Waals surface area contributed by atoms with Gasteiger partial charge >= 0.3 is 0 Å². The van der Waals surface area contributed by atoms with Gasteiger partial charge in [0, 0.05) is 17.7 Å². The van der Waals surface area contributed by atoms with Crippen LogP contribution in [-0.2, 0) is 0 Å². The van der Waals surface area contributed by atoms with Crippen molar-refractivity contribution in [3.63, 3.8) is 0 Å². The molecule has 0 aromatic heterocycles. The van der Waals surface area contributed by atoms with Crippen molar-refractivity contribution in [1.82, 2.24) is 10.7 Å². The largest absolute Gasteiger partial charge is 0.361 e. The van der Waals surface area contributed by atoms with Gasteiger partial charge in [-0.05, 0) is 81.8 Å². The lowest BCUT2D eigenvalue weighted by atomic mass is 9.48. The predicted octanol–water partition coefficient (Wildman–Crippen LogP) is 3.84. The van der Waals surface area contributed by atoms with Crippen molar-refractivity contribution in [3.05, 3.63) is 0 Å². The minimum absolute atomic E-state index is 0.390. The SMILES string of the molecule is CCCCNC(=S)N/N=C(/C)C12CC3CC(CC(C3)C1)C2. The van der Waals surface area contributed by atoms with E-state index in [-0.39, 0.29) is 0 Å². The van der Waals surface area contributed by atoms with Gasteiger partial charge in [0.05, 0.1) is 0 Å². The lowest BCUT2D eigenvalue weighted by molar-refractivity contribution is -0.0128. The average molecular weight is 308 g/mol. The van der Waals surface area contributed by atoms with Gasteiger partial charge in [-0.3, -0.25) is 5.43 Å². The molecular formula is C17H29N3S. The van der Waals surface area contributed by atoms with E-state index in [1.807, 2.05) is 0 Å². The molecular weight excluding hydrogens is 278 g/mol. The van der Waals surface area contributed by atoms with Crippen molar-refractivity contribution in [1.29, 1.82) is 0 Å². The standard InChI is InChI=1S/C17H29N3S/c1-3-4-5-18-16(21)20-19-12(2)17-9-13-6-14(10-17)8-15(7-13)11-17/h13-15H,3-11H2,1-2H3,(H2,18,20,21)/b19-12-. The maximum Gasteiger partial charge on any atom is 0.186 e. The van der Waals surface area contributed by atoms with Gasteiger partial charge in [0.2, 0.25) is 0 Å². The minimum Gasteiger partial charge on any atom is -0.361 e. The summed E-state index contributed by atoms with van der Waals surface area (Å²) in [5, 5.41) is 8.56. The zero-order valence-corrected chi connectivity index (χ0v) is 14.3. The van der Waals surface area contributed by atoms with Crippen LogP contribution < -0.4 is 10.7 Å². The van der Waals surface area contributed by atoms with E-state index >= 15 is 0 Å². The second-order valence-corrected chi connectivity index (χ2v) is 8.02. The summed E-state index contributed by atoms with van der Waals surface area (Å²) in [6, 6.07) is 0. The summed E-state index contributed by atoms with van der Waals surface area (Å²) in [6.45, 7) is 5.34. The number of unbranched alkanes of at least 4 members (excludes halogenated alkanes) is 1. The van der Waals surface area contributed by atoms with Crippen LogP contribution in [0.5, 0.6) is 0 Å². The first kappa shape index (κ1) is 15.3. The van der Waals surface area contributed by atoms with E-state index in [4.69, 9.17) is 12.2 Å². The van der Waals surface area contributed by atoms with Gasteiger partial charge in [-0.2, -0.15) is 5.10 Å². The number of nitrogens with one attached hydrogen (secondary N) is 2. The summed E-state index contributed by atoms with van der Waals surface area (Å²) in [7, 11) is 0. The molecule has 0 aliphatic heterocycles. The molecule has 0 atom stereocenters. The fourth-order valence-corrected chi connectivity index (χ4v) is 5.37. The van der Waals surface area contributed by atoms with E-state index < -0.39 is 0 Å². The van der Waals surface area contributed by atoms with Gasteiger partial charge in [-0.15, -0.1) is 0 Å². The third-order valence-corrected chi connectivity index (χ3v) is 6.18. The van der Waals surface area contributed by atoms with Crippen LogP contribution in [0.25, 0.3) is 0 Å². The maximum atomic E-state index is 5.30. The van der Waals surface area contributed by atoms with E-state index in [1.54, 1.807) is 0 Å². The Morgan fingerprint density at radius 2 is 1.71 bits per heavy atom.